The van der Waals surface area contributed by atoms with E-state index in [4.69, 9.17) is 10.5 Å². The highest BCUT2D eigenvalue weighted by Crippen LogP contribution is 2.30. The smallest absolute Gasteiger partial charge is 0.416 e. The molecule has 2 aromatic rings. The first-order valence-electron chi connectivity index (χ1n) is 6.70. The van der Waals surface area contributed by atoms with Gasteiger partial charge in [-0.15, -0.1) is 11.3 Å². The Morgan fingerprint density at radius 1 is 1.46 bits per heavy atom. The average molecular weight is 358 g/mol. The molecule has 0 atom stereocenters. The molecule has 0 aliphatic heterocycles. The van der Waals surface area contributed by atoms with Crippen LogP contribution in [0.1, 0.15) is 18.2 Å². The first-order valence-corrected chi connectivity index (χ1v) is 7.58. The Labute approximate surface area is 139 Å². The van der Waals surface area contributed by atoms with Crippen LogP contribution in [-0.4, -0.2) is 23.3 Å². The fourth-order valence-electron chi connectivity index (χ4n) is 1.69. The van der Waals surface area contributed by atoms with Gasteiger partial charge in [-0.05, 0) is 25.1 Å². The van der Waals surface area contributed by atoms with Crippen molar-refractivity contribution in [2.75, 3.05) is 17.8 Å². The number of ether oxygens (including phenoxy) is 1. The zero-order valence-electron chi connectivity index (χ0n) is 12.4. The number of aromatic nitrogens is 1. The van der Waals surface area contributed by atoms with Crippen LogP contribution in [0.5, 0.6) is 0 Å². The second kappa shape index (κ2) is 7.30. The molecule has 0 aliphatic rings. The standard InChI is InChI=1S/C14H13F3N4O2S/c1-2-23-12(22)11(10-7-24-13(18)19-10)21-20-9-5-3-4-8(6-9)14(15,16)17/h3-7,20H,2H2,1H3,(H2,18,19)/b21-11+. The largest absolute Gasteiger partial charge is 0.461 e. The molecule has 128 valence electrons. The maximum absolute atomic E-state index is 12.7. The number of hydrogen-bond donors (Lipinski definition) is 2. The van der Waals surface area contributed by atoms with Crippen molar-refractivity contribution in [1.82, 2.24) is 4.98 Å². The van der Waals surface area contributed by atoms with Crippen LogP contribution in [0.3, 0.4) is 0 Å². The lowest BCUT2D eigenvalue weighted by molar-refractivity contribution is -0.137. The van der Waals surface area contributed by atoms with Gasteiger partial charge in [0.05, 0.1) is 17.9 Å². The Morgan fingerprint density at radius 3 is 2.79 bits per heavy atom. The monoisotopic (exact) mass is 358 g/mol. The van der Waals surface area contributed by atoms with Gasteiger partial charge in [-0.2, -0.15) is 18.3 Å². The molecule has 24 heavy (non-hydrogen) atoms. The number of nitrogen functional groups attached to an aromatic ring is 1. The van der Waals surface area contributed by atoms with Crippen molar-refractivity contribution in [3.63, 3.8) is 0 Å². The van der Waals surface area contributed by atoms with Gasteiger partial charge in [0.25, 0.3) is 0 Å². The molecular formula is C14H13F3N4O2S. The van der Waals surface area contributed by atoms with Crippen LogP contribution in [0.25, 0.3) is 0 Å². The Kier molecular flexibility index (Phi) is 5.39. The lowest BCUT2D eigenvalue weighted by Gasteiger charge is -2.09. The summed E-state index contributed by atoms with van der Waals surface area (Å²) in [7, 11) is 0. The lowest BCUT2D eigenvalue weighted by atomic mass is 10.2. The normalized spacial score (nSPS) is 12.1. The molecule has 0 saturated carbocycles. The summed E-state index contributed by atoms with van der Waals surface area (Å²) >= 11 is 1.10. The molecule has 6 nitrogen and oxygen atoms in total. The van der Waals surface area contributed by atoms with Crippen molar-refractivity contribution >= 4 is 33.8 Å². The third-order valence-electron chi connectivity index (χ3n) is 2.72. The fraction of sp³-hybridized carbons (Fsp3) is 0.214. The van der Waals surface area contributed by atoms with Crippen molar-refractivity contribution in [2.45, 2.75) is 13.1 Å². The minimum absolute atomic E-state index is 0.0647. The van der Waals surface area contributed by atoms with Crippen molar-refractivity contribution in [2.24, 2.45) is 5.10 Å². The van der Waals surface area contributed by atoms with E-state index in [1.165, 1.54) is 17.5 Å². The Hall–Kier alpha value is -2.62. The molecule has 3 N–H and O–H groups in total. The van der Waals surface area contributed by atoms with Gasteiger partial charge in [0.15, 0.2) is 10.8 Å². The number of anilines is 2. The van der Waals surface area contributed by atoms with Gasteiger partial charge in [-0.3, -0.25) is 5.43 Å². The number of carbonyl (C=O) groups is 1. The van der Waals surface area contributed by atoms with Crippen molar-refractivity contribution in [3.8, 4) is 0 Å². The van der Waals surface area contributed by atoms with E-state index in [-0.39, 0.29) is 28.8 Å². The maximum atomic E-state index is 12.7. The Bertz CT molecular complexity index is 758. The summed E-state index contributed by atoms with van der Waals surface area (Å²) in [6.07, 6.45) is -4.48. The second-order valence-electron chi connectivity index (χ2n) is 4.44. The molecular weight excluding hydrogens is 345 g/mol. The number of alkyl halides is 3. The molecule has 10 heteroatoms. The zero-order valence-corrected chi connectivity index (χ0v) is 13.2. The minimum atomic E-state index is -4.48. The Morgan fingerprint density at radius 2 is 2.21 bits per heavy atom. The predicted molar refractivity (Wildman–Crippen MR) is 84.8 cm³/mol. The topological polar surface area (TPSA) is 89.6 Å². The summed E-state index contributed by atoms with van der Waals surface area (Å²) < 4.78 is 43.0. The lowest BCUT2D eigenvalue weighted by Crippen LogP contribution is -2.20. The average Bonchev–Trinajstić information content (AvgIpc) is 2.93. The van der Waals surface area contributed by atoms with Crippen LogP contribution < -0.4 is 11.2 Å². The number of halogens is 3. The molecule has 0 unspecified atom stereocenters. The van der Waals surface area contributed by atoms with Crippen molar-refractivity contribution in [1.29, 1.82) is 0 Å². The molecule has 2 rings (SSSR count). The number of nitrogens with one attached hydrogen (secondary N) is 1. The van der Waals surface area contributed by atoms with Gasteiger partial charge < -0.3 is 10.5 Å². The summed E-state index contributed by atoms with van der Waals surface area (Å²) in [5, 5.41) is 5.55. The van der Waals surface area contributed by atoms with E-state index >= 15 is 0 Å². The number of nitrogens with two attached hydrogens (primary N) is 1. The second-order valence-corrected chi connectivity index (χ2v) is 5.33. The third-order valence-corrected chi connectivity index (χ3v) is 3.39. The third kappa shape index (κ3) is 4.44. The number of benzene rings is 1. The molecule has 0 bridgehead atoms. The van der Waals surface area contributed by atoms with Crippen LogP contribution in [0.2, 0.25) is 0 Å². The first-order chi connectivity index (χ1) is 11.3. The molecule has 1 heterocycles. The summed E-state index contributed by atoms with van der Waals surface area (Å²) in [4.78, 5) is 15.9. The molecule has 0 saturated heterocycles. The highest BCUT2D eigenvalue weighted by Gasteiger charge is 2.30. The summed E-state index contributed by atoms with van der Waals surface area (Å²) in [5.74, 6) is -0.762. The molecule has 1 aromatic heterocycles. The van der Waals surface area contributed by atoms with E-state index in [9.17, 15) is 18.0 Å². The van der Waals surface area contributed by atoms with Crippen molar-refractivity contribution in [3.05, 3.63) is 40.9 Å². The fourth-order valence-corrected chi connectivity index (χ4v) is 2.24. The number of carbonyl (C=O) groups excluding carboxylic acids is 1. The number of thiazole rings is 1. The number of esters is 1. The van der Waals surface area contributed by atoms with E-state index < -0.39 is 17.7 Å². The predicted octanol–water partition coefficient (Wildman–Crippen LogP) is 3.12. The SMILES string of the molecule is CCOC(=O)/C(=N/Nc1cccc(C(F)(F)F)c1)c1csc(N)n1. The Balaban J connectivity index is 2.29. The van der Waals surface area contributed by atoms with Crippen LogP contribution in [0.15, 0.2) is 34.7 Å². The van der Waals surface area contributed by atoms with E-state index in [1.54, 1.807) is 6.92 Å². The van der Waals surface area contributed by atoms with Crippen LogP contribution in [0, 0.1) is 0 Å². The van der Waals surface area contributed by atoms with E-state index in [1.807, 2.05) is 0 Å². The van der Waals surface area contributed by atoms with Gasteiger partial charge in [0, 0.05) is 5.38 Å². The number of hydrogen-bond acceptors (Lipinski definition) is 7. The molecule has 0 fully saturated rings. The van der Waals surface area contributed by atoms with Gasteiger partial charge in [0.1, 0.15) is 5.69 Å². The highest BCUT2D eigenvalue weighted by molar-refractivity contribution is 7.13. The highest BCUT2D eigenvalue weighted by atomic mass is 32.1. The number of rotatable bonds is 5. The first kappa shape index (κ1) is 17.7. The molecule has 0 spiro atoms. The number of nitrogens with zero attached hydrogens (tertiary/aromatic N) is 2. The molecule has 1 aromatic carbocycles. The minimum Gasteiger partial charge on any atom is -0.461 e. The van der Waals surface area contributed by atoms with E-state index in [2.05, 4.69) is 15.5 Å². The maximum Gasteiger partial charge on any atom is 0.416 e. The zero-order chi connectivity index (χ0) is 17.7. The molecule has 0 aliphatic carbocycles. The van der Waals surface area contributed by atoms with Crippen LogP contribution >= 0.6 is 11.3 Å². The van der Waals surface area contributed by atoms with Gasteiger partial charge in [0.2, 0.25) is 0 Å². The molecule has 0 amide bonds. The van der Waals surface area contributed by atoms with Crippen LogP contribution in [0.4, 0.5) is 24.0 Å². The summed E-state index contributed by atoms with van der Waals surface area (Å²) in [5.41, 5.74) is 7.16. The van der Waals surface area contributed by atoms with E-state index in [0.29, 0.717) is 0 Å². The quantitative estimate of drug-likeness (QED) is 0.487. The summed E-state index contributed by atoms with van der Waals surface area (Å²) in [6.45, 7) is 1.73. The number of hydrazone groups is 1. The van der Waals surface area contributed by atoms with Gasteiger partial charge in [-0.25, -0.2) is 9.78 Å². The van der Waals surface area contributed by atoms with Gasteiger partial charge in [-0.1, -0.05) is 6.07 Å². The molecule has 0 radical (unpaired) electrons. The van der Waals surface area contributed by atoms with Gasteiger partial charge >= 0.3 is 12.1 Å². The van der Waals surface area contributed by atoms with Crippen molar-refractivity contribution < 1.29 is 22.7 Å². The van der Waals surface area contributed by atoms with E-state index in [0.717, 1.165) is 23.5 Å². The van der Waals surface area contributed by atoms with Crippen LogP contribution in [-0.2, 0) is 15.7 Å². The summed E-state index contributed by atoms with van der Waals surface area (Å²) in [6, 6.07) is 4.42.